The van der Waals surface area contributed by atoms with Gasteiger partial charge in [-0.1, -0.05) is 18.2 Å². The fourth-order valence-electron chi connectivity index (χ4n) is 0.907. The van der Waals surface area contributed by atoms with Crippen LogP contribution in [0.3, 0.4) is 0 Å². The highest BCUT2D eigenvalue weighted by atomic mass is 16.5. The third kappa shape index (κ3) is 2.15. The third-order valence-corrected chi connectivity index (χ3v) is 1.47. The van der Waals surface area contributed by atoms with Crippen molar-refractivity contribution in [3.05, 3.63) is 35.8 Å². The minimum absolute atomic E-state index is 0.901. The maximum absolute atomic E-state index is 5.02. The Morgan fingerprint density at radius 2 is 1.91 bits per heavy atom. The zero-order valence-corrected chi connectivity index (χ0v) is 6.87. The highest BCUT2D eigenvalue weighted by molar-refractivity contribution is 6.19. The van der Waals surface area contributed by atoms with E-state index in [9.17, 15) is 0 Å². The highest BCUT2D eigenvalue weighted by Gasteiger charge is 1.87. The zero-order chi connectivity index (χ0) is 8.10. The first-order valence-electron chi connectivity index (χ1n) is 3.63. The number of ether oxygens (including phenoxy) is 1. The fraction of sp³-hybridized carbons (Fsp3) is 0.111. The summed E-state index contributed by atoms with van der Waals surface area (Å²) in [7, 11) is 3.68. The summed E-state index contributed by atoms with van der Waals surface area (Å²) in [5.74, 6) is 2.92. The Hall–Kier alpha value is -1.18. The van der Waals surface area contributed by atoms with Crippen LogP contribution >= 0.6 is 0 Å². The molecule has 0 aliphatic heterocycles. The van der Waals surface area contributed by atoms with Gasteiger partial charge in [-0.2, -0.15) is 0 Å². The molecule has 0 fully saturated rings. The van der Waals surface area contributed by atoms with Gasteiger partial charge in [-0.15, -0.1) is 5.98 Å². The van der Waals surface area contributed by atoms with Gasteiger partial charge >= 0.3 is 0 Å². The van der Waals surface area contributed by atoms with Gasteiger partial charge in [0.1, 0.15) is 13.6 Å². The van der Waals surface area contributed by atoms with Crippen molar-refractivity contribution in [2.45, 2.75) is 0 Å². The summed E-state index contributed by atoms with van der Waals surface area (Å²) in [6, 6.07) is 7.96. The van der Waals surface area contributed by atoms with Crippen LogP contribution in [0.15, 0.2) is 30.2 Å². The summed E-state index contributed by atoms with van der Waals surface area (Å²) in [5.41, 5.74) is 1.20. The van der Waals surface area contributed by atoms with Crippen LogP contribution in [0.5, 0.6) is 5.75 Å². The molecule has 1 nitrogen and oxygen atoms in total. The van der Waals surface area contributed by atoms with E-state index in [-0.39, 0.29) is 0 Å². The van der Waals surface area contributed by atoms with Crippen molar-refractivity contribution in [1.29, 1.82) is 0 Å². The van der Waals surface area contributed by atoms with Crippen molar-refractivity contribution in [2.75, 3.05) is 7.11 Å². The van der Waals surface area contributed by atoms with Gasteiger partial charge in [0, 0.05) is 0 Å². The largest absolute Gasteiger partial charge is 0.497 e. The fourth-order valence-corrected chi connectivity index (χ4v) is 0.907. The molecule has 2 heteroatoms. The Kier molecular flexibility index (Phi) is 2.78. The summed E-state index contributed by atoms with van der Waals surface area (Å²) in [6.45, 7) is 0. The molecule has 0 aliphatic rings. The van der Waals surface area contributed by atoms with Crippen LogP contribution < -0.4 is 4.74 Å². The average molecular weight is 146 g/mol. The smallest absolute Gasteiger partial charge is 0.129 e. The van der Waals surface area contributed by atoms with Gasteiger partial charge in [-0.3, -0.25) is 0 Å². The molecular formula is C9H11BO. The van der Waals surface area contributed by atoms with Crippen LogP contribution in [-0.4, -0.2) is 15.0 Å². The number of methoxy groups -OCH3 is 1. The lowest BCUT2D eigenvalue weighted by Gasteiger charge is -1.98. The maximum Gasteiger partial charge on any atom is 0.129 e. The van der Waals surface area contributed by atoms with Crippen molar-refractivity contribution >= 4 is 13.9 Å². The quantitative estimate of drug-likeness (QED) is 0.571. The van der Waals surface area contributed by atoms with Crippen molar-refractivity contribution in [3.8, 4) is 5.75 Å². The van der Waals surface area contributed by atoms with Crippen LogP contribution in [0.2, 0.25) is 0 Å². The number of benzene rings is 1. The standard InChI is InChI=1S/C9H11BO/c1-11-9-4-2-8(3-5-9)6-7-10/h2-7H,10H2,1H3/b7-6+. The predicted octanol–water partition coefficient (Wildman–Crippen LogP) is 1.30. The van der Waals surface area contributed by atoms with Crippen LogP contribution in [0.25, 0.3) is 6.08 Å². The molecule has 0 heterocycles. The van der Waals surface area contributed by atoms with Gasteiger partial charge in [-0.05, 0) is 17.7 Å². The van der Waals surface area contributed by atoms with Crippen LogP contribution in [-0.2, 0) is 0 Å². The first kappa shape index (κ1) is 7.93. The second-order valence-corrected chi connectivity index (χ2v) is 2.27. The van der Waals surface area contributed by atoms with Gasteiger partial charge in [0.25, 0.3) is 0 Å². The molecule has 0 atom stereocenters. The highest BCUT2D eigenvalue weighted by Crippen LogP contribution is 2.11. The Morgan fingerprint density at radius 1 is 1.27 bits per heavy atom. The molecule has 0 aromatic heterocycles. The summed E-state index contributed by atoms with van der Waals surface area (Å²) >= 11 is 0. The molecule has 0 saturated heterocycles. The van der Waals surface area contributed by atoms with E-state index in [0.717, 1.165) is 5.75 Å². The summed E-state index contributed by atoms with van der Waals surface area (Å²) < 4.78 is 5.02. The first-order valence-corrected chi connectivity index (χ1v) is 3.63. The van der Waals surface area contributed by atoms with Gasteiger partial charge in [-0.25, -0.2) is 0 Å². The second kappa shape index (κ2) is 3.86. The van der Waals surface area contributed by atoms with Gasteiger partial charge in [0.2, 0.25) is 0 Å². The molecule has 1 rings (SSSR count). The molecule has 0 spiro atoms. The van der Waals surface area contributed by atoms with Gasteiger partial charge < -0.3 is 4.74 Å². The minimum atomic E-state index is 0.901. The Balaban J connectivity index is 2.82. The van der Waals surface area contributed by atoms with Gasteiger partial charge in [0.15, 0.2) is 0 Å². The van der Waals surface area contributed by atoms with E-state index >= 15 is 0 Å². The summed E-state index contributed by atoms with van der Waals surface area (Å²) in [4.78, 5) is 0. The predicted molar refractivity (Wildman–Crippen MR) is 50.6 cm³/mol. The lowest BCUT2D eigenvalue weighted by atomic mass is 10.1. The van der Waals surface area contributed by atoms with E-state index < -0.39 is 0 Å². The van der Waals surface area contributed by atoms with Crippen LogP contribution in [0.4, 0.5) is 0 Å². The van der Waals surface area contributed by atoms with E-state index in [0.29, 0.717) is 0 Å². The molecule has 0 unspecified atom stereocenters. The lowest BCUT2D eigenvalue weighted by Crippen LogP contribution is -1.81. The topological polar surface area (TPSA) is 9.23 Å². The average Bonchev–Trinajstić information content (AvgIpc) is 2.07. The van der Waals surface area contributed by atoms with Gasteiger partial charge in [0.05, 0.1) is 7.11 Å². The lowest BCUT2D eigenvalue weighted by molar-refractivity contribution is 0.415. The van der Waals surface area contributed by atoms with Crippen LogP contribution in [0.1, 0.15) is 5.56 Å². The number of rotatable bonds is 2. The first-order chi connectivity index (χ1) is 5.36. The minimum Gasteiger partial charge on any atom is -0.497 e. The molecule has 0 saturated carbocycles. The van der Waals surface area contributed by atoms with E-state index in [1.54, 1.807) is 7.11 Å². The summed E-state index contributed by atoms with van der Waals surface area (Å²) in [6.07, 6.45) is 2.06. The SMILES string of the molecule is B/C=C/c1ccc(OC)cc1. The van der Waals surface area contributed by atoms with Crippen molar-refractivity contribution < 1.29 is 4.74 Å². The molecule has 1 aromatic carbocycles. The number of hydrogen-bond acceptors (Lipinski definition) is 1. The monoisotopic (exact) mass is 146 g/mol. The molecule has 0 radical (unpaired) electrons. The van der Waals surface area contributed by atoms with E-state index in [4.69, 9.17) is 4.74 Å². The van der Waals surface area contributed by atoms with E-state index in [2.05, 4.69) is 6.08 Å². The Bertz CT molecular complexity index is 238. The molecule has 0 N–H and O–H groups in total. The summed E-state index contributed by atoms with van der Waals surface area (Å²) in [5, 5.41) is 0. The zero-order valence-electron chi connectivity index (χ0n) is 6.87. The Labute approximate surface area is 68.1 Å². The van der Waals surface area contributed by atoms with Crippen molar-refractivity contribution in [3.63, 3.8) is 0 Å². The molecule has 0 aliphatic carbocycles. The number of hydrogen-bond donors (Lipinski definition) is 0. The second-order valence-electron chi connectivity index (χ2n) is 2.27. The van der Waals surface area contributed by atoms with Crippen molar-refractivity contribution in [1.82, 2.24) is 0 Å². The van der Waals surface area contributed by atoms with E-state index in [1.165, 1.54) is 5.56 Å². The Morgan fingerprint density at radius 3 is 2.36 bits per heavy atom. The molecular weight excluding hydrogens is 135 g/mol. The molecule has 56 valence electrons. The molecule has 0 bridgehead atoms. The van der Waals surface area contributed by atoms with E-state index in [1.807, 2.05) is 38.1 Å². The third-order valence-electron chi connectivity index (χ3n) is 1.47. The molecule has 0 amide bonds. The van der Waals surface area contributed by atoms with Crippen molar-refractivity contribution in [2.24, 2.45) is 0 Å². The maximum atomic E-state index is 5.02. The molecule has 11 heavy (non-hydrogen) atoms. The normalized spacial score (nSPS) is 10.3. The van der Waals surface area contributed by atoms with Crippen LogP contribution in [0, 0.1) is 0 Å². The molecule has 1 aromatic rings.